The summed E-state index contributed by atoms with van der Waals surface area (Å²) >= 11 is 0. The molecule has 1 atom stereocenters. The lowest BCUT2D eigenvalue weighted by Crippen LogP contribution is -2.30. The van der Waals surface area contributed by atoms with Crippen LogP contribution >= 0.6 is 0 Å². The molecule has 0 fully saturated rings. The Hall–Kier alpha value is -3.80. The van der Waals surface area contributed by atoms with Crippen LogP contribution in [0.4, 0.5) is 0 Å². The number of hydrogen-bond donors (Lipinski definition) is 1. The van der Waals surface area contributed by atoms with Gasteiger partial charge in [0.25, 0.3) is 5.91 Å². The van der Waals surface area contributed by atoms with Gasteiger partial charge in [-0.25, -0.2) is 4.68 Å². The van der Waals surface area contributed by atoms with Crippen molar-refractivity contribution in [3.63, 3.8) is 0 Å². The molecule has 1 amide bonds. The topological polar surface area (TPSA) is 72.7 Å². The van der Waals surface area contributed by atoms with Crippen molar-refractivity contribution < 1.29 is 4.79 Å². The normalized spacial score (nSPS) is 11.8. The van der Waals surface area contributed by atoms with Gasteiger partial charge >= 0.3 is 0 Å². The Bertz CT molecular complexity index is 1020. The monoisotopic (exact) mass is 369 g/mol. The molecule has 0 aliphatic rings. The molecule has 2 aromatic heterocycles. The molecule has 0 saturated carbocycles. The minimum atomic E-state index is -0.330. The van der Waals surface area contributed by atoms with Crippen LogP contribution in [0.1, 0.15) is 33.4 Å². The number of aromatic nitrogens is 4. The Morgan fingerprint density at radius 1 is 0.929 bits per heavy atom. The third-order valence-corrected chi connectivity index (χ3v) is 4.54. The molecule has 2 heterocycles. The molecule has 138 valence electrons. The van der Waals surface area contributed by atoms with Gasteiger partial charge < -0.3 is 5.32 Å². The number of para-hydroxylation sites is 1. The maximum absolute atomic E-state index is 13.0. The summed E-state index contributed by atoms with van der Waals surface area (Å²) in [5.74, 6) is -0.280. The summed E-state index contributed by atoms with van der Waals surface area (Å²) in [6, 6.07) is 22.9. The zero-order chi connectivity index (χ0) is 19.3. The summed E-state index contributed by atoms with van der Waals surface area (Å²) in [6.07, 6.45) is 3.47. The van der Waals surface area contributed by atoms with E-state index in [-0.39, 0.29) is 11.9 Å². The second-order valence-electron chi connectivity index (χ2n) is 6.37. The molecule has 1 N–H and O–H groups in total. The average Bonchev–Trinajstić information content (AvgIpc) is 3.15. The molecule has 0 spiro atoms. The van der Waals surface area contributed by atoms with E-state index in [0.717, 1.165) is 16.8 Å². The van der Waals surface area contributed by atoms with Crippen molar-refractivity contribution in [1.29, 1.82) is 0 Å². The van der Waals surface area contributed by atoms with E-state index in [2.05, 4.69) is 20.6 Å². The minimum Gasteiger partial charge on any atom is -0.340 e. The van der Waals surface area contributed by atoms with Gasteiger partial charge in [0.1, 0.15) is 0 Å². The van der Waals surface area contributed by atoms with Gasteiger partial charge in [-0.05, 0) is 36.2 Å². The van der Waals surface area contributed by atoms with E-state index in [1.54, 1.807) is 17.1 Å². The van der Waals surface area contributed by atoms with E-state index in [9.17, 15) is 4.79 Å². The fraction of sp³-hybridized carbons (Fsp3) is 0.0909. The predicted molar refractivity (Wildman–Crippen MR) is 106 cm³/mol. The predicted octanol–water partition coefficient (Wildman–Crippen LogP) is 3.49. The number of carbonyl (C=O) groups excluding carboxylic acids is 1. The van der Waals surface area contributed by atoms with Gasteiger partial charge in [0.2, 0.25) is 0 Å². The summed E-state index contributed by atoms with van der Waals surface area (Å²) in [6.45, 7) is 1.84. The SMILES string of the molecule is Cc1c(C(=O)N[C@H](c2ccccc2)c2cccnc2)nnn1-c1ccccc1. The van der Waals surface area contributed by atoms with Crippen molar-refractivity contribution in [2.45, 2.75) is 13.0 Å². The van der Waals surface area contributed by atoms with E-state index in [1.807, 2.05) is 79.7 Å². The molecule has 0 saturated heterocycles. The van der Waals surface area contributed by atoms with E-state index < -0.39 is 0 Å². The summed E-state index contributed by atoms with van der Waals surface area (Å²) in [7, 11) is 0. The smallest absolute Gasteiger partial charge is 0.274 e. The molecular weight excluding hydrogens is 350 g/mol. The highest BCUT2D eigenvalue weighted by Gasteiger charge is 2.22. The Morgan fingerprint density at radius 3 is 2.29 bits per heavy atom. The Balaban J connectivity index is 1.65. The van der Waals surface area contributed by atoms with Crippen LogP contribution in [0, 0.1) is 6.92 Å². The molecule has 4 rings (SSSR count). The molecule has 0 aliphatic carbocycles. The van der Waals surface area contributed by atoms with Gasteiger partial charge in [0.05, 0.1) is 17.4 Å². The second kappa shape index (κ2) is 7.84. The molecule has 6 heteroatoms. The lowest BCUT2D eigenvalue weighted by atomic mass is 10.00. The van der Waals surface area contributed by atoms with Crippen molar-refractivity contribution in [2.24, 2.45) is 0 Å². The maximum atomic E-state index is 13.0. The Kier molecular flexibility index (Phi) is 4.93. The standard InChI is InChI=1S/C22H19N5O/c1-16-20(25-26-27(16)19-12-6-3-7-13-19)22(28)24-21(17-9-4-2-5-10-17)18-11-8-14-23-15-18/h2-15,21H,1H3,(H,24,28)/t21-/m1/s1. The number of pyridine rings is 1. The number of hydrogen-bond acceptors (Lipinski definition) is 4. The van der Waals surface area contributed by atoms with Gasteiger partial charge in [-0.15, -0.1) is 5.10 Å². The molecule has 2 aromatic carbocycles. The highest BCUT2D eigenvalue weighted by atomic mass is 16.2. The van der Waals surface area contributed by atoms with Gasteiger partial charge in [-0.2, -0.15) is 0 Å². The summed E-state index contributed by atoms with van der Waals surface area (Å²) < 4.78 is 1.66. The number of amides is 1. The minimum absolute atomic E-state index is 0.280. The van der Waals surface area contributed by atoms with Crippen molar-refractivity contribution >= 4 is 5.91 Å². The number of nitrogens with one attached hydrogen (secondary N) is 1. The molecule has 0 aliphatic heterocycles. The Labute approximate surface area is 162 Å². The molecule has 0 radical (unpaired) electrons. The quantitative estimate of drug-likeness (QED) is 0.584. The molecule has 4 aromatic rings. The van der Waals surface area contributed by atoms with Crippen LogP contribution in [0.3, 0.4) is 0 Å². The van der Waals surface area contributed by atoms with Gasteiger partial charge in [-0.1, -0.05) is 59.8 Å². The maximum Gasteiger partial charge on any atom is 0.274 e. The first-order chi connectivity index (χ1) is 13.7. The molecule has 0 unspecified atom stereocenters. The molecule has 0 bridgehead atoms. The third kappa shape index (κ3) is 3.53. The third-order valence-electron chi connectivity index (χ3n) is 4.54. The fourth-order valence-electron chi connectivity index (χ4n) is 3.10. The second-order valence-corrected chi connectivity index (χ2v) is 6.37. The summed E-state index contributed by atoms with van der Waals surface area (Å²) in [5, 5.41) is 11.3. The largest absolute Gasteiger partial charge is 0.340 e. The van der Waals surface area contributed by atoms with E-state index >= 15 is 0 Å². The van der Waals surface area contributed by atoms with E-state index in [0.29, 0.717) is 11.4 Å². The van der Waals surface area contributed by atoms with E-state index in [4.69, 9.17) is 0 Å². The van der Waals surface area contributed by atoms with Crippen molar-refractivity contribution in [1.82, 2.24) is 25.3 Å². The van der Waals surface area contributed by atoms with Crippen molar-refractivity contribution in [3.8, 4) is 5.69 Å². The lowest BCUT2D eigenvalue weighted by Gasteiger charge is -2.19. The first-order valence-corrected chi connectivity index (χ1v) is 8.97. The number of nitrogens with zero attached hydrogens (tertiary/aromatic N) is 4. The highest BCUT2D eigenvalue weighted by Crippen LogP contribution is 2.22. The highest BCUT2D eigenvalue weighted by molar-refractivity contribution is 5.93. The van der Waals surface area contributed by atoms with Gasteiger partial charge in [0, 0.05) is 12.4 Å². The average molecular weight is 369 g/mol. The first kappa shape index (κ1) is 17.6. The molecule has 28 heavy (non-hydrogen) atoms. The summed E-state index contributed by atoms with van der Waals surface area (Å²) in [4.78, 5) is 17.2. The van der Waals surface area contributed by atoms with Crippen LogP contribution in [0.5, 0.6) is 0 Å². The molecular formula is C22H19N5O. The van der Waals surface area contributed by atoms with Crippen LogP contribution in [-0.2, 0) is 0 Å². The lowest BCUT2D eigenvalue weighted by molar-refractivity contribution is 0.0937. The number of carbonyl (C=O) groups is 1. The first-order valence-electron chi connectivity index (χ1n) is 8.97. The molecule has 6 nitrogen and oxygen atoms in total. The van der Waals surface area contributed by atoms with Crippen molar-refractivity contribution in [2.75, 3.05) is 0 Å². The van der Waals surface area contributed by atoms with Crippen molar-refractivity contribution in [3.05, 3.63) is 108 Å². The van der Waals surface area contributed by atoms with Gasteiger partial charge in [0.15, 0.2) is 5.69 Å². The summed E-state index contributed by atoms with van der Waals surface area (Å²) in [5.41, 5.74) is 3.71. The van der Waals surface area contributed by atoms with Crippen LogP contribution in [-0.4, -0.2) is 25.9 Å². The van der Waals surface area contributed by atoms with E-state index in [1.165, 1.54) is 0 Å². The van der Waals surface area contributed by atoms with Gasteiger partial charge in [-0.3, -0.25) is 9.78 Å². The fourth-order valence-corrected chi connectivity index (χ4v) is 3.10. The van der Waals surface area contributed by atoms with Crippen LogP contribution < -0.4 is 5.32 Å². The van der Waals surface area contributed by atoms with Crippen LogP contribution in [0.2, 0.25) is 0 Å². The zero-order valence-electron chi connectivity index (χ0n) is 15.4. The number of rotatable bonds is 5. The number of benzene rings is 2. The Morgan fingerprint density at radius 2 is 1.61 bits per heavy atom. The van der Waals surface area contributed by atoms with Crippen LogP contribution in [0.25, 0.3) is 5.69 Å². The van der Waals surface area contributed by atoms with Crippen LogP contribution in [0.15, 0.2) is 85.2 Å². The zero-order valence-corrected chi connectivity index (χ0v) is 15.4.